The molecule has 0 bridgehead atoms. The van der Waals surface area contributed by atoms with Crippen LogP contribution in [0.1, 0.15) is 31.6 Å². The van der Waals surface area contributed by atoms with Crippen LogP contribution in [0.2, 0.25) is 0 Å². The molecule has 0 spiro atoms. The van der Waals surface area contributed by atoms with Crippen molar-refractivity contribution in [1.29, 1.82) is 0 Å². The van der Waals surface area contributed by atoms with Gasteiger partial charge < -0.3 is 9.73 Å². The molecule has 0 radical (unpaired) electrons. The van der Waals surface area contributed by atoms with Crippen LogP contribution in [-0.2, 0) is 0 Å². The average Bonchev–Trinajstić information content (AvgIpc) is 2.65. The molecule has 13 heavy (non-hydrogen) atoms. The van der Waals surface area contributed by atoms with E-state index in [0.717, 1.165) is 25.1 Å². The van der Waals surface area contributed by atoms with E-state index in [-0.39, 0.29) is 0 Å². The molecule has 2 heteroatoms. The van der Waals surface area contributed by atoms with Crippen LogP contribution in [0.25, 0.3) is 0 Å². The van der Waals surface area contributed by atoms with E-state index >= 15 is 0 Å². The van der Waals surface area contributed by atoms with Gasteiger partial charge in [-0.05, 0) is 31.5 Å². The van der Waals surface area contributed by atoms with Crippen molar-refractivity contribution in [2.24, 2.45) is 0 Å². The number of nitrogens with one attached hydrogen (secondary N) is 1. The van der Waals surface area contributed by atoms with E-state index in [2.05, 4.69) is 18.8 Å². The van der Waals surface area contributed by atoms with E-state index in [0.29, 0.717) is 6.04 Å². The van der Waals surface area contributed by atoms with Gasteiger partial charge in [-0.3, -0.25) is 0 Å². The third-order valence-corrected chi connectivity index (χ3v) is 2.03. The monoisotopic (exact) mass is 179 g/mol. The Labute approximate surface area is 79.6 Å². The van der Waals surface area contributed by atoms with Gasteiger partial charge in [0.15, 0.2) is 0 Å². The van der Waals surface area contributed by atoms with Crippen molar-refractivity contribution in [2.75, 3.05) is 6.54 Å². The van der Waals surface area contributed by atoms with Crippen molar-refractivity contribution in [3.05, 3.63) is 36.8 Å². The molecule has 72 valence electrons. The van der Waals surface area contributed by atoms with Crippen molar-refractivity contribution in [3.8, 4) is 0 Å². The molecule has 0 aliphatic carbocycles. The van der Waals surface area contributed by atoms with Gasteiger partial charge in [-0.1, -0.05) is 13.0 Å². The van der Waals surface area contributed by atoms with Gasteiger partial charge in [-0.15, -0.1) is 6.58 Å². The van der Waals surface area contributed by atoms with Gasteiger partial charge in [0.05, 0.1) is 12.3 Å². The van der Waals surface area contributed by atoms with Crippen molar-refractivity contribution in [3.63, 3.8) is 0 Å². The zero-order valence-corrected chi connectivity index (χ0v) is 8.12. The van der Waals surface area contributed by atoms with Crippen molar-refractivity contribution in [2.45, 2.75) is 25.8 Å². The summed E-state index contributed by atoms with van der Waals surface area (Å²) in [6.07, 6.45) is 5.68. The van der Waals surface area contributed by atoms with Crippen molar-refractivity contribution >= 4 is 0 Å². The topological polar surface area (TPSA) is 25.2 Å². The first kappa shape index (κ1) is 10.1. The molecule has 0 aromatic carbocycles. The summed E-state index contributed by atoms with van der Waals surface area (Å²) in [7, 11) is 0. The fraction of sp³-hybridized carbons (Fsp3) is 0.455. The fourth-order valence-corrected chi connectivity index (χ4v) is 1.30. The normalized spacial score (nSPS) is 12.7. The first-order chi connectivity index (χ1) is 6.38. The summed E-state index contributed by atoms with van der Waals surface area (Å²) in [5, 5.41) is 3.41. The second-order valence-corrected chi connectivity index (χ2v) is 3.01. The van der Waals surface area contributed by atoms with Crippen LogP contribution in [0.3, 0.4) is 0 Å². The summed E-state index contributed by atoms with van der Waals surface area (Å²) in [5.74, 6) is 1.02. The maximum atomic E-state index is 5.33. The van der Waals surface area contributed by atoms with Gasteiger partial charge in [-0.25, -0.2) is 0 Å². The van der Waals surface area contributed by atoms with E-state index in [4.69, 9.17) is 4.42 Å². The summed E-state index contributed by atoms with van der Waals surface area (Å²) in [4.78, 5) is 0. The lowest BCUT2D eigenvalue weighted by molar-refractivity contribution is 0.407. The molecule has 1 aromatic rings. The Morgan fingerprint density at radius 2 is 2.54 bits per heavy atom. The molecule has 1 atom stereocenters. The molecule has 1 rings (SSSR count). The first-order valence-electron chi connectivity index (χ1n) is 4.76. The highest BCUT2D eigenvalue weighted by atomic mass is 16.3. The minimum atomic E-state index is 0.343. The molecule has 0 saturated heterocycles. The maximum Gasteiger partial charge on any atom is 0.120 e. The predicted octanol–water partition coefficient (Wildman–Crippen LogP) is 2.90. The molecule has 0 amide bonds. The SMILES string of the molecule is C=CCCNC(CC)c1ccco1. The maximum absolute atomic E-state index is 5.33. The third-order valence-electron chi connectivity index (χ3n) is 2.03. The molecular formula is C11H17NO. The molecule has 0 saturated carbocycles. The Morgan fingerprint density at radius 1 is 1.69 bits per heavy atom. The minimum absolute atomic E-state index is 0.343. The van der Waals surface area contributed by atoms with Crippen LogP contribution in [0.5, 0.6) is 0 Å². The third kappa shape index (κ3) is 3.07. The summed E-state index contributed by atoms with van der Waals surface area (Å²) in [6, 6.07) is 4.28. The molecule has 0 fully saturated rings. The van der Waals surface area contributed by atoms with E-state index in [1.54, 1.807) is 6.26 Å². The van der Waals surface area contributed by atoms with E-state index in [1.165, 1.54) is 0 Å². The highest BCUT2D eigenvalue weighted by Crippen LogP contribution is 2.16. The van der Waals surface area contributed by atoms with Crippen LogP contribution in [0.15, 0.2) is 35.5 Å². The molecule has 1 heterocycles. The molecule has 1 N–H and O–H groups in total. The number of hydrogen-bond donors (Lipinski definition) is 1. The summed E-state index contributed by atoms with van der Waals surface area (Å²) in [6.45, 7) is 6.79. The summed E-state index contributed by atoms with van der Waals surface area (Å²) < 4.78 is 5.33. The minimum Gasteiger partial charge on any atom is -0.468 e. The average molecular weight is 179 g/mol. The molecule has 0 aliphatic heterocycles. The smallest absolute Gasteiger partial charge is 0.120 e. The second kappa shape index (κ2) is 5.60. The predicted molar refractivity (Wildman–Crippen MR) is 54.6 cm³/mol. The zero-order valence-electron chi connectivity index (χ0n) is 8.12. The largest absolute Gasteiger partial charge is 0.468 e. The fourth-order valence-electron chi connectivity index (χ4n) is 1.30. The Hall–Kier alpha value is -1.02. The van der Waals surface area contributed by atoms with Crippen LogP contribution in [-0.4, -0.2) is 6.54 Å². The van der Waals surface area contributed by atoms with Gasteiger partial charge in [0.25, 0.3) is 0 Å². The molecule has 1 aromatic heterocycles. The zero-order chi connectivity index (χ0) is 9.52. The summed E-state index contributed by atoms with van der Waals surface area (Å²) in [5.41, 5.74) is 0. The molecule has 0 aliphatic rings. The van der Waals surface area contributed by atoms with Gasteiger partial charge >= 0.3 is 0 Å². The number of rotatable bonds is 6. The van der Waals surface area contributed by atoms with Gasteiger partial charge in [0.2, 0.25) is 0 Å². The van der Waals surface area contributed by atoms with Gasteiger partial charge in [0, 0.05) is 0 Å². The lowest BCUT2D eigenvalue weighted by Crippen LogP contribution is -2.20. The van der Waals surface area contributed by atoms with Gasteiger partial charge in [0.1, 0.15) is 5.76 Å². The van der Waals surface area contributed by atoms with Crippen LogP contribution in [0.4, 0.5) is 0 Å². The second-order valence-electron chi connectivity index (χ2n) is 3.01. The lowest BCUT2D eigenvalue weighted by atomic mass is 10.1. The first-order valence-corrected chi connectivity index (χ1v) is 4.76. The number of furan rings is 1. The van der Waals surface area contributed by atoms with Crippen LogP contribution in [0, 0.1) is 0 Å². The van der Waals surface area contributed by atoms with Gasteiger partial charge in [-0.2, -0.15) is 0 Å². The van der Waals surface area contributed by atoms with Crippen molar-refractivity contribution < 1.29 is 4.42 Å². The van der Waals surface area contributed by atoms with Crippen molar-refractivity contribution in [1.82, 2.24) is 5.32 Å². The standard InChI is InChI=1S/C11H17NO/c1-3-5-8-12-10(4-2)11-7-6-9-13-11/h3,6-7,9-10,12H,1,4-5,8H2,2H3. The van der Waals surface area contributed by atoms with Crippen LogP contribution >= 0.6 is 0 Å². The highest BCUT2D eigenvalue weighted by molar-refractivity contribution is 5.03. The highest BCUT2D eigenvalue weighted by Gasteiger charge is 2.09. The van der Waals surface area contributed by atoms with E-state index in [9.17, 15) is 0 Å². The molecule has 2 nitrogen and oxygen atoms in total. The Balaban J connectivity index is 2.39. The van der Waals surface area contributed by atoms with E-state index < -0.39 is 0 Å². The molecule has 1 unspecified atom stereocenters. The Morgan fingerprint density at radius 3 is 3.08 bits per heavy atom. The molecular weight excluding hydrogens is 162 g/mol. The number of hydrogen-bond acceptors (Lipinski definition) is 2. The Kier molecular flexibility index (Phi) is 4.33. The van der Waals surface area contributed by atoms with E-state index in [1.807, 2.05) is 18.2 Å². The summed E-state index contributed by atoms with van der Waals surface area (Å²) >= 11 is 0. The van der Waals surface area contributed by atoms with Crippen LogP contribution < -0.4 is 5.32 Å². The Bertz CT molecular complexity index is 228. The quantitative estimate of drug-likeness (QED) is 0.536. The lowest BCUT2D eigenvalue weighted by Gasteiger charge is -2.13.